The lowest BCUT2D eigenvalue weighted by atomic mass is 9.64. The average Bonchev–Trinajstić information content (AvgIpc) is 2.71. The maximum absolute atomic E-state index is 11.9. The number of aldehydes is 1. The van der Waals surface area contributed by atoms with Crippen LogP contribution in [0.5, 0.6) is 0 Å². The van der Waals surface area contributed by atoms with Crippen molar-refractivity contribution in [1.82, 2.24) is 4.98 Å². The van der Waals surface area contributed by atoms with Crippen molar-refractivity contribution in [3.05, 3.63) is 65.0 Å². The fourth-order valence-electron chi connectivity index (χ4n) is 4.67. The summed E-state index contributed by atoms with van der Waals surface area (Å²) in [4.78, 5) is 17.0. The van der Waals surface area contributed by atoms with E-state index in [1.165, 1.54) is 61.6 Å². The average molecular weight is 364 g/mol. The number of aromatic nitrogens is 1. The molecule has 0 N–H and O–H groups in total. The molecule has 0 fully saturated rings. The zero-order valence-corrected chi connectivity index (χ0v) is 16.9. The van der Waals surface area contributed by atoms with Crippen molar-refractivity contribution in [2.75, 3.05) is 0 Å². The minimum Gasteiger partial charge on any atom is -0.303 e. The van der Waals surface area contributed by atoms with Gasteiger partial charge in [-0.05, 0) is 48.3 Å². The Labute approximate surface area is 164 Å². The smallest absolute Gasteiger partial charge is 0.127 e. The number of nitrogens with zero attached hydrogens (tertiary/aromatic N) is 1. The van der Waals surface area contributed by atoms with Crippen LogP contribution in [0.4, 0.5) is 0 Å². The highest BCUT2D eigenvalue weighted by Gasteiger charge is 2.38. The van der Waals surface area contributed by atoms with Crippen molar-refractivity contribution in [2.45, 2.75) is 77.6 Å². The van der Waals surface area contributed by atoms with Crippen LogP contribution in [-0.2, 0) is 17.6 Å². The number of benzene rings is 1. The highest BCUT2D eigenvalue weighted by atomic mass is 16.1. The molecule has 1 aliphatic rings. The van der Waals surface area contributed by atoms with Gasteiger partial charge in [0.15, 0.2) is 0 Å². The van der Waals surface area contributed by atoms with E-state index in [-0.39, 0.29) is 11.3 Å². The van der Waals surface area contributed by atoms with Gasteiger partial charge in [0.2, 0.25) is 0 Å². The van der Waals surface area contributed by atoms with E-state index in [4.69, 9.17) is 4.98 Å². The van der Waals surface area contributed by atoms with Crippen LogP contribution in [0, 0.1) is 5.41 Å². The molecular weight excluding hydrogens is 330 g/mol. The highest BCUT2D eigenvalue weighted by Crippen LogP contribution is 2.47. The Bertz CT molecular complexity index is 729. The molecule has 1 aromatic heterocycles. The Hall–Kier alpha value is -1.96. The first-order valence-corrected chi connectivity index (χ1v) is 10.7. The first-order valence-electron chi connectivity index (χ1n) is 10.7. The quantitative estimate of drug-likeness (QED) is 0.492. The van der Waals surface area contributed by atoms with E-state index in [0.29, 0.717) is 0 Å². The Balaban J connectivity index is 1.89. The number of hydrogen-bond acceptors (Lipinski definition) is 2. The van der Waals surface area contributed by atoms with Crippen LogP contribution in [0.1, 0.15) is 87.2 Å². The second-order valence-corrected chi connectivity index (χ2v) is 8.33. The predicted molar refractivity (Wildman–Crippen MR) is 112 cm³/mol. The van der Waals surface area contributed by atoms with Gasteiger partial charge in [-0.1, -0.05) is 75.9 Å². The molecule has 0 saturated carbocycles. The Morgan fingerprint density at radius 2 is 1.74 bits per heavy atom. The number of pyridine rings is 1. The zero-order chi connectivity index (χ0) is 19.1. The molecule has 0 aliphatic heterocycles. The highest BCUT2D eigenvalue weighted by molar-refractivity contribution is 5.64. The van der Waals surface area contributed by atoms with Crippen molar-refractivity contribution in [2.24, 2.45) is 5.41 Å². The van der Waals surface area contributed by atoms with E-state index in [1.54, 1.807) is 0 Å². The number of hydrogen-bond donors (Lipinski definition) is 0. The van der Waals surface area contributed by atoms with Gasteiger partial charge in [0, 0.05) is 23.7 Å². The third-order valence-electron chi connectivity index (χ3n) is 6.18. The van der Waals surface area contributed by atoms with E-state index in [2.05, 4.69) is 50.2 Å². The summed E-state index contributed by atoms with van der Waals surface area (Å²) >= 11 is 0. The number of unbranched alkanes of at least 4 members (excludes halogenated alkanes) is 2. The second kappa shape index (κ2) is 9.30. The van der Waals surface area contributed by atoms with Crippen LogP contribution in [0.25, 0.3) is 0 Å². The second-order valence-electron chi connectivity index (χ2n) is 8.33. The first-order chi connectivity index (χ1) is 13.2. The summed E-state index contributed by atoms with van der Waals surface area (Å²) in [6.45, 7) is 4.52. The van der Waals surface area contributed by atoms with Crippen LogP contribution in [-0.4, -0.2) is 11.3 Å². The normalized spacial score (nSPS) is 18.1. The summed E-state index contributed by atoms with van der Waals surface area (Å²) in [5.74, 6) is 0.0146. The summed E-state index contributed by atoms with van der Waals surface area (Å²) in [6.07, 6.45) is 11.4. The van der Waals surface area contributed by atoms with Crippen molar-refractivity contribution < 1.29 is 4.79 Å². The molecule has 0 saturated heterocycles. The molecule has 2 heteroatoms. The summed E-state index contributed by atoms with van der Waals surface area (Å²) in [7, 11) is 0. The Morgan fingerprint density at radius 3 is 2.37 bits per heavy atom. The van der Waals surface area contributed by atoms with Crippen LogP contribution in [0.2, 0.25) is 0 Å². The minimum absolute atomic E-state index is 0.0146. The van der Waals surface area contributed by atoms with Gasteiger partial charge in [-0.15, -0.1) is 0 Å². The molecular formula is C25H33NO. The topological polar surface area (TPSA) is 30.0 Å². The van der Waals surface area contributed by atoms with E-state index in [9.17, 15) is 4.79 Å². The lowest BCUT2D eigenvalue weighted by Gasteiger charge is -2.41. The molecule has 1 aromatic carbocycles. The molecule has 2 nitrogen and oxygen atoms in total. The fourth-order valence-corrected chi connectivity index (χ4v) is 4.67. The summed E-state index contributed by atoms with van der Waals surface area (Å²) in [5.41, 5.74) is 5.01. The summed E-state index contributed by atoms with van der Waals surface area (Å²) < 4.78 is 0. The van der Waals surface area contributed by atoms with Crippen LogP contribution in [0.15, 0.2) is 42.5 Å². The number of carbonyl (C=O) groups is 1. The monoisotopic (exact) mass is 363 g/mol. The van der Waals surface area contributed by atoms with Gasteiger partial charge >= 0.3 is 0 Å². The summed E-state index contributed by atoms with van der Waals surface area (Å²) in [6, 6.07) is 14.8. The van der Waals surface area contributed by atoms with Gasteiger partial charge < -0.3 is 4.79 Å². The van der Waals surface area contributed by atoms with Crippen molar-refractivity contribution in [1.29, 1.82) is 0 Å². The zero-order valence-electron chi connectivity index (χ0n) is 16.9. The van der Waals surface area contributed by atoms with E-state index < -0.39 is 0 Å². The number of fused-ring (bicyclic) bond motifs is 1. The van der Waals surface area contributed by atoms with Crippen molar-refractivity contribution in [3.63, 3.8) is 0 Å². The fraction of sp³-hybridized carbons (Fsp3) is 0.520. The van der Waals surface area contributed by atoms with Gasteiger partial charge in [0.05, 0.1) is 0 Å². The molecule has 27 heavy (non-hydrogen) atoms. The van der Waals surface area contributed by atoms with Crippen LogP contribution < -0.4 is 0 Å². The molecule has 1 unspecified atom stereocenters. The third kappa shape index (κ3) is 4.86. The maximum atomic E-state index is 11.9. The minimum atomic E-state index is 0.0146. The molecule has 0 amide bonds. The maximum Gasteiger partial charge on any atom is 0.127 e. The van der Waals surface area contributed by atoms with Crippen molar-refractivity contribution >= 4 is 6.29 Å². The summed E-state index contributed by atoms with van der Waals surface area (Å²) in [5, 5.41) is 0. The Kier molecular flexibility index (Phi) is 6.82. The predicted octanol–water partition coefficient (Wildman–Crippen LogP) is 6.27. The Morgan fingerprint density at radius 1 is 1.04 bits per heavy atom. The largest absolute Gasteiger partial charge is 0.303 e. The van der Waals surface area contributed by atoms with E-state index >= 15 is 0 Å². The molecule has 2 aromatic rings. The molecule has 1 heterocycles. The third-order valence-corrected chi connectivity index (χ3v) is 6.18. The molecule has 0 bridgehead atoms. The molecule has 0 radical (unpaired) electrons. The molecule has 144 valence electrons. The van der Waals surface area contributed by atoms with Crippen LogP contribution in [0.3, 0.4) is 0 Å². The molecule has 0 spiro atoms. The van der Waals surface area contributed by atoms with Gasteiger partial charge in [-0.2, -0.15) is 0 Å². The van der Waals surface area contributed by atoms with E-state index in [1.807, 2.05) is 6.07 Å². The van der Waals surface area contributed by atoms with Gasteiger partial charge in [-0.25, -0.2) is 0 Å². The van der Waals surface area contributed by atoms with Crippen molar-refractivity contribution in [3.8, 4) is 0 Å². The standard InChI is InChI=1S/C25H33NO/c1-3-5-14-25(15-6-4-2)17-21(19-27)23-13-12-22(26-24(23)18-25)16-20-10-8-7-9-11-20/h7-13,19,21H,3-6,14-18H2,1-2H3. The SMILES string of the molecule is CCCCC1(CCCC)Cc2nc(Cc3ccccc3)ccc2C(C=O)C1. The van der Waals surface area contributed by atoms with Crippen LogP contribution >= 0.6 is 0 Å². The first kappa shape index (κ1) is 19.8. The van der Waals surface area contributed by atoms with E-state index in [0.717, 1.165) is 25.0 Å². The van der Waals surface area contributed by atoms with Gasteiger partial charge in [0.25, 0.3) is 0 Å². The molecule has 1 aliphatic carbocycles. The van der Waals surface area contributed by atoms with Gasteiger partial charge in [-0.3, -0.25) is 4.98 Å². The lowest BCUT2D eigenvalue weighted by molar-refractivity contribution is -0.110. The lowest BCUT2D eigenvalue weighted by Crippen LogP contribution is -2.33. The van der Waals surface area contributed by atoms with Gasteiger partial charge in [0.1, 0.15) is 6.29 Å². The molecule has 1 atom stereocenters. The number of rotatable bonds is 9. The molecule has 3 rings (SSSR count). The number of carbonyl (C=O) groups excluding carboxylic acids is 1.